The van der Waals surface area contributed by atoms with Gasteiger partial charge in [0.1, 0.15) is 5.82 Å². The molecule has 92 valence electrons. The van der Waals surface area contributed by atoms with Gasteiger partial charge in [-0.3, -0.25) is 0 Å². The van der Waals surface area contributed by atoms with Crippen LogP contribution in [0.5, 0.6) is 0 Å². The third-order valence-corrected chi connectivity index (χ3v) is 4.20. The Kier molecular flexibility index (Phi) is 3.18. The van der Waals surface area contributed by atoms with Gasteiger partial charge in [0.05, 0.1) is 0 Å². The third kappa shape index (κ3) is 2.08. The highest BCUT2D eigenvalue weighted by molar-refractivity contribution is 9.10. The largest absolute Gasteiger partial charge is 0.306 e. The number of hydrogen-bond acceptors (Lipinski definition) is 1. The lowest BCUT2D eigenvalue weighted by Gasteiger charge is -2.27. The summed E-state index contributed by atoms with van der Waals surface area (Å²) < 4.78 is 14.9. The van der Waals surface area contributed by atoms with Crippen molar-refractivity contribution in [2.75, 3.05) is 0 Å². The molecule has 0 aliphatic carbocycles. The minimum Gasteiger partial charge on any atom is -0.306 e. The summed E-state index contributed by atoms with van der Waals surface area (Å²) in [4.78, 5) is 0. The van der Waals surface area contributed by atoms with Gasteiger partial charge in [-0.2, -0.15) is 0 Å². The van der Waals surface area contributed by atoms with Crippen molar-refractivity contribution in [2.45, 2.75) is 19.0 Å². The quantitative estimate of drug-likeness (QED) is 0.840. The van der Waals surface area contributed by atoms with E-state index in [1.54, 1.807) is 6.07 Å². The average Bonchev–Trinajstić information content (AvgIpc) is 2.44. The van der Waals surface area contributed by atoms with E-state index in [9.17, 15) is 4.39 Å². The van der Waals surface area contributed by atoms with Gasteiger partial charge in [0.25, 0.3) is 0 Å². The van der Waals surface area contributed by atoms with Crippen molar-refractivity contribution >= 4 is 15.9 Å². The van der Waals surface area contributed by atoms with E-state index < -0.39 is 0 Å². The van der Waals surface area contributed by atoms with Crippen LogP contribution in [0.4, 0.5) is 4.39 Å². The molecule has 0 amide bonds. The van der Waals surface area contributed by atoms with Gasteiger partial charge in [-0.15, -0.1) is 0 Å². The molecule has 3 rings (SSSR count). The second-order valence-corrected chi connectivity index (χ2v) is 5.39. The lowest BCUT2D eigenvalue weighted by atomic mass is 9.91. The van der Waals surface area contributed by atoms with Crippen LogP contribution in [0.1, 0.15) is 22.7 Å². The summed E-state index contributed by atoms with van der Waals surface area (Å²) in [6, 6.07) is 13.7. The SMILES string of the molecule is Fc1ccc(Br)c2c1CC(c1ccccc1)NC2. The summed E-state index contributed by atoms with van der Waals surface area (Å²) in [5.74, 6) is -0.101. The molecular formula is C15H13BrFN. The minimum absolute atomic E-state index is 0.101. The van der Waals surface area contributed by atoms with Crippen LogP contribution in [0.15, 0.2) is 46.9 Å². The Bertz CT molecular complexity index is 568. The fourth-order valence-corrected chi connectivity index (χ4v) is 2.98. The van der Waals surface area contributed by atoms with Crippen LogP contribution in [0.3, 0.4) is 0 Å². The molecule has 0 saturated carbocycles. The monoisotopic (exact) mass is 305 g/mol. The zero-order valence-electron chi connectivity index (χ0n) is 9.79. The molecule has 1 heterocycles. The van der Waals surface area contributed by atoms with E-state index >= 15 is 0 Å². The smallest absolute Gasteiger partial charge is 0.126 e. The van der Waals surface area contributed by atoms with Crippen molar-refractivity contribution in [1.29, 1.82) is 0 Å². The maximum Gasteiger partial charge on any atom is 0.126 e. The molecule has 1 unspecified atom stereocenters. The zero-order chi connectivity index (χ0) is 12.5. The van der Waals surface area contributed by atoms with Crippen molar-refractivity contribution in [3.63, 3.8) is 0 Å². The van der Waals surface area contributed by atoms with Crippen LogP contribution in [-0.2, 0) is 13.0 Å². The van der Waals surface area contributed by atoms with Crippen molar-refractivity contribution in [2.24, 2.45) is 0 Å². The summed E-state index contributed by atoms with van der Waals surface area (Å²) in [7, 11) is 0. The summed E-state index contributed by atoms with van der Waals surface area (Å²) in [6.45, 7) is 0.702. The first-order valence-corrected chi connectivity index (χ1v) is 6.79. The topological polar surface area (TPSA) is 12.0 Å². The Morgan fingerprint density at radius 2 is 1.83 bits per heavy atom. The van der Waals surface area contributed by atoms with Gasteiger partial charge in [0, 0.05) is 17.1 Å². The van der Waals surface area contributed by atoms with E-state index in [-0.39, 0.29) is 11.9 Å². The molecule has 0 spiro atoms. The third-order valence-electron chi connectivity index (χ3n) is 3.45. The van der Waals surface area contributed by atoms with Crippen molar-refractivity contribution in [3.05, 3.63) is 69.4 Å². The normalized spacial score (nSPS) is 18.4. The van der Waals surface area contributed by atoms with Crippen molar-refractivity contribution < 1.29 is 4.39 Å². The molecule has 1 aliphatic heterocycles. The predicted octanol–water partition coefficient (Wildman–Crippen LogP) is 3.98. The van der Waals surface area contributed by atoms with Crippen LogP contribution in [-0.4, -0.2) is 0 Å². The van der Waals surface area contributed by atoms with Gasteiger partial charge in [-0.25, -0.2) is 4.39 Å². The van der Waals surface area contributed by atoms with E-state index in [1.807, 2.05) is 18.2 Å². The number of benzene rings is 2. The summed E-state index contributed by atoms with van der Waals surface area (Å²) >= 11 is 3.49. The van der Waals surface area contributed by atoms with Crippen molar-refractivity contribution in [1.82, 2.24) is 5.32 Å². The Morgan fingerprint density at radius 1 is 1.06 bits per heavy atom. The number of rotatable bonds is 1. The second-order valence-electron chi connectivity index (χ2n) is 4.53. The Labute approximate surface area is 114 Å². The van der Waals surface area contributed by atoms with Gasteiger partial charge >= 0.3 is 0 Å². The molecular weight excluding hydrogens is 293 g/mol. The predicted molar refractivity (Wildman–Crippen MR) is 73.8 cm³/mol. The highest BCUT2D eigenvalue weighted by Gasteiger charge is 2.23. The maximum absolute atomic E-state index is 13.9. The number of halogens is 2. The second kappa shape index (κ2) is 4.82. The van der Waals surface area contributed by atoms with E-state index in [4.69, 9.17) is 0 Å². The molecule has 1 atom stereocenters. The van der Waals surface area contributed by atoms with Crippen LogP contribution >= 0.6 is 15.9 Å². The minimum atomic E-state index is -0.101. The first-order valence-electron chi connectivity index (χ1n) is 6.00. The molecule has 2 aromatic rings. The molecule has 1 aliphatic rings. The van der Waals surface area contributed by atoms with Crippen LogP contribution in [0.2, 0.25) is 0 Å². The fraction of sp³-hybridized carbons (Fsp3) is 0.200. The van der Waals surface area contributed by atoms with Gasteiger partial charge in [0.2, 0.25) is 0 Å². The van der Waals surface area contributed by atoms with Gasteiger partial charge in [-0.05, 0) is 35.2 Å². The van der Waals surface area contributed by atoms with Crippen LogP contribution in [0.25, 0.3) is 0 Å². The van der Waals surface area contributed by atoms with Crippen LogP contribution < -0.4 is 5.32 Å². The standard InChI is InChI=1S/C15H13BrFN/c16-13-6-7-14(17)11-8-15(18-9-12(11)13)10-4-2-1-3-5-10/h1-7,15,18H,8-9H2. The molecule has 0 aromatic heterocycles. The molecule has 0 saturated heterocycles. The van der Waals surface area contributed by atoms with Gasteiger partial charge in [-0.1, -0.05) is 46.3 Å². The van der Waals surface area contributed by atoms with E-state index in [2.05, 4.69) is 33.4 Å². The summed E-state index contributed by atoms with van der Waals surface area (Å²) in [6.07, 6.45) is 0.699. The molecule has 1 N–H and O–H groups in total. The summed E-state index contributed by atoms with van der Waals surface area (Å²) in [5, 5.41) is 3.46. The highest BCUT2D eigenvalue weighted by Crippen LogP contribution is 2.31. The zero-order valence-corrected chi connectivity index (χ0v) is 11.4. The molecule has 18 heavy (non-hydrogen) atoms. The number of nitrogens with one attached hydrogen (secondary N) is 1. The van der Waals surface area contributed by atoms with Gasteiger partial charge < -0.3 is 5.32 Å². The first kappa shape index (κ1) is 11.9. The number of hydrogen-bond donors (Lipinski definition) is 1. The maximum atomic E-state index is 13.9. The molecule has 0 radical (unpaired) electrons. The highest BCUT2D eigenvalue weighted by atomic mass is 79.9. The number of fused-ring (bicyclic) bond motifs is 1. The van der Waals surface area contributed by atoms with Crippen LogP contribution in [0, 0.1) is 5.82 Å². The lowest BCUT2D eigenvalue weighted by Crippen LogP contribution is -2.29. The van der Waals surface area contributed by atoms with Gasteiger partial charge in [0.15, 0.2) is 0 Å². The lowest BCUT2D eigenvalue weighted by molar-refractivity contribution is 0.476. The summed E-state index contributed by atoms with van der Waals surface area (Å²) in [5.41, 5.74) is 3.08. The molecule has 0 fully saturated rings. The first-order chi connectivity index (χ1) is 8.75. The molecule has 3 heteroatoms. The molecule has 0 bridgehead atoms. The molecule has 1 nitrogen and oxygen atoms in total. The van der Waals surface area contributed by atoms with E-state index in [0.717, 1.165) is 15.6 Å². The Balaban J connectivity index is 1.96. The molecule has 2 aromatic carbocycles. The van der Waals surface area contributed by atoms with E-state index in [1.165, 1.54) is 11.6 Å². The average molecular weight is 306 g/mol. The van der Waals surface area contributed by atoms with E-state index in [0.29, 0.717) is 13.0 Å². The Morgan fingerprint density at radius 3 is 2.61 bits per heavy atom. The Hall–Kier alpha value is -1.19. The van der Waals surface area contributed by atoms with Crippen molar-refractivity contribution in [3.8, 4) is 0 Å². The fourth-order valence-electron chi connectivity index (χ4n) is 2.47.